The molecule has 1 atom stereocenters. The van der Waals surface area contributed by atoms with Crippen LogP contribution in [-0.2, 0) is 11.2 Å². The molecule has 9 heteroatoms. The van der Waals surface area contributed by atoms with Crippen LogP contribution < -0.4 is 0 Å². The Balaban J connectivity index is 1.25. The van der Waals surface area contributed by atoms with E-state index >= 15 is 0 Å². The Morgan fingerprint density at radius 1 is 1.15 bits per heavy atom. The molecule has 1 unspecified atom stereocenters. The van der Waals surface area contributed by atoms with Gasteiger partial charge in [0, 0.05) is 43.1 Å². The Bertz CT molecular complexity index is 1270. The number of nitrogens with zero attached hydrogens (tertiary/aromatic N) is 6. The van der Waals surface area contributed by atoms with E-state index < -0.39 is 0 Å². The molecule has 2 fully saturated rings. The fourth-order valence-electron chi connectivity index (χ4n) is 5.20. The maximum Gasteiger partial charge on any atom is 0.182 e. The minimum atomic E-state index is 0.0936. The van der Waals surface area contributed by atoms with E-state index in [1.54, 1.807) is 17.1 Å². The van der Waals surface area contributed by atoms with E-state index in [4.69, 9.17) is 14.8 Å². The van der Waals surface area contributed by atoms with E-state index in [1.165, 1.54) is 5.56 Å². The van der Waals surface area contributed by atoms with Gasteiger partial charge in [-0.2, -0.15) is 10.2 Å². The van der Waals surface area contributed by atoms with Crippen molar-refractivity contribution < 1.29 is 9.84 Å². The number of hydrogen-bond donors (Lipinski definition) is 2. The molecule has 1 aromatic carbocycles. The molecule has 34 heavy (non-hydrogen) atoms. The van der Waals surface area contributed by atoms with Crippen LogP contribution in [-0.4, -0.2) is 78.9 Å². The Hall–Kier alpha value is -3.14. The third-order valence-electron chi connectivity index (χ3n) is 7.13. The molecular weight excluding hydrogens is 430 g/mol. The van der Waals surface area contributed by atoms with Crippen molar-refractivity contribution in [3.63, 3.8) is 0 Å². The summed E-state index contributed by atoms with van der Waals surface area (Å²) < 4.78 is 7.29. The van der Waals surface area contributed by atoms with E-state index in [2.05, 4.69) is 43.4 Å². The number of aromatic amines is 1. The van der Waals surface area contributed by atoms with E-state index in [0.29, 0.717) is 30.0 Å². The number of fused-ring (bicyclic) bond motifs is 1. The summed E-state index contributed by atoms with van der Waals surface area (Å²) >= 11 is 0. The summed E-state index contributed by atoms with van der Waals surface area (Å²) in [6, 6.07) is 9.03. The second-order valence-corrected chi connectivity index (χ2v) is 9.21. The highest BCUT2D eigenvalue weighted by molar-refractivity contribution is 5.91. The number of nitrogens with one attached hydrogen (secondary N) is 1. The van der Waals surface area contributed by atoms with E-state index in [0.717, 1.165) is 67.7 Å². The maximum atomic E-state index is 9.17. The Kier molecular flexibility index (Phi) is 5.82. The van der Waals surface area contributed by atoms with Crippen LogP contribution in [0.1, 0.15) is 36.3 Å². The standard InChI is InChI=1S/C25H29N7O2/c33-11-6-17-14-27-32(15-17)23-3-8-26-25(28-23)24-21-13-19(1-2-22(21)29-30-24)18-4-9-31(10-5-18)20-7-12-34-16-20/h1-3,8,13-15,18,20,33H,4-7,9-12,16H2,(H,29,30). The molecule has 3 aromatic heterocycles. The van der Waals surface area contributed by atoms with E-state index in [1.807, 2.05) is 12.3 Å². The molecular formula is C25H29N7O2. The van der Waals surface area contributed by atoms with Crippen LogP contribution in [0.4, 0.5) is 0 Å². The minimum absolute atomic E-state index is 0.0936. The molecule has 0 radical (unpaired) electrons. The summed E-state index contributed by atoms with van der Waals surface area (Å²) in [5.41, 5.74) is 4.05. The van der Waals surface area contributed by atoms with Gasteiger partial charge in [0.05, 0.1) is 18.3 Å². The van der Waals surface area contributed by atoms with Gasteiger partial charge < -0.3 is 9.84 Å². The van der Waals surface area contributed by atoms with Crippen molar-refractivity contribution in [3.05, 3.63) is 54.0 Å². The zero-order valence-corrected chi connectivity index (χ0v) is 19.1. The summed E-state index contributed by atoms with van der Waals surface area (Å²) in [7, 11) is 0. The topological polar surface area (TPSA) is 105 Å². The molecule has 9 nitrogen and oxygen atoms in total. The number of H-pyrrole nitrogens is 1. The van der Waals surface area contributed by atoms with Gasteiger partial charge in [-0.1, -0.05) is 6.07 Å². The SMILES string of the molecule is OCCc1cnn(-c2ccnc(-c3n[nH]c4ccc(C5CCN(C6CCOC6)CC5)cc34)n2)c1. The van der Waals surface area contributed by atoms with Crippen LogP contribution in [0.3, 0.4) is 0 Å². The first kappa shape index (κ1) is 21.4. The number of piperidine rings is 1. The van der Waals surface area contributed by atoms with Gasteiger partial charge in [-0.25, -0.2) is 14.6 Å². The quantitative estimate of drug-likeness (QED) is 0.457. The Morgan fingerprint density at radius 3 is 2.88 bits per heavy atom. The van der Waals surface area contributed by atoms with Gasteiger partial charge in [0.25, 0.3) is 0 Å². The first-order valence-corrected chi connectivity index (χ1v) is 12.1. The third kappa shape index (κ3) is 4.11. The average Bonchev–Trinajstić information content (AvgIpc) is 3.65. The van der Waals surface area contributed by atoms with Crippen molar-refractivity contribution in [2.24, 2.45) is 0 Å². The molecule has 0 bridgehead atoms. The molecule has 2 aliphatic heterocycles. The lowest BCUT2D eigenvalue weighted by molar-refractivity contribution is 0.122. The van der Waals surface area contributed by atoms with Crippen LogP contribution in [0.5, 0.6) is 0 Å². The molecule has 4 aromatic rings. The van der Waals surface area contributed by atoms with Crippen molar-refractivity contribution in [2.45, 2.75) is 37.6 Å². The molecule has 176 valence electrons. The van der Waals surface area contributed by atoms with Gasteiger partial charge in [0.15, 0.2) is 11.6 Å². The molecule has 0 aliphatic carbocycles. The van der Waals surface area contributed by atoms with Crippen molar-refractivity contribution in [3.8, 4) is 17.3 Å². The molecule has 2 aliphatic rings. The highest BCUT2D eigenvalue weighted by Gasteiger charge is 2.28. The molecule has 5 heterocycles. The molecule has 0 spiro atoms. The van der Waals surface area contributed by atoms with Gasteiger partial charge in [-0.05, 0) is 68.0 Å². The van der Waals surface area contributed by atoms with Gasteiger partial charge in [-0.15, -0.1) is 0 Å². The van der Waals surface area contributed by atoms with Gasteiger partial charge in [-0.3, -0.25) is 10.00 Å². The lowest BCUT2D eigenvalue weighted by Crippen LogP contribution is -2.41. The number of benzene rings is 1. The van der Waals surface area contributed by atoms with Gasteiger partial charge in [0.1, 0.15) is 5.69 Å². The second-order valence-electron chi connectivity index (χ2n) is 9.21. The summed E-state index contributed by atoms with van der Waals surface area (Å²) in [5, 5.41) is 22.3. The van der Waals surface area contributed by atoms with Crippen LogP contribution in [0.2, 0.25) is 0 Å². The fraction of sp³-hybridized carbons (Fsp3) is 0.440. The number of rotatable bonds is 6. The van der Waals surface area contributed by atoms with Gasteiger partial charge in [0.2, 0.25) is 0 Å². The highest BCUT2D eigenvalue weighted by Crippen LogP contribution is 2.33. The largest absolute Gasteiger partial charge is 0.396 e. The normalized spacial score (nSPS) is 19.9. The lowest BCUT2D eigenvalue weighted by atomic mass is 9.88. The maximum absolute atomic E-state index is 9.17. The predicted octanol–water partition coefficient (Wildman–Crippen LogP) is 2.71. The first-order chi connectivity index (χ1) is 16.8. The molecule has 2 N–H and O–H groups in total. The highest BCUT2D eigenvalue weighted by atomic mass is 16.5. The number of aliphatic hydroxyl groups is 1. The minimum Gasteiger partial charge on any atom is -0.396 e. The van der Waals surface area contributed by atoms with Crippen molar-refractivity contribution in [1.82, 2.24) is 34.8 Å². The van der Waals surface area contributed by atoms with Crippen molar-refractivity contribution in [2.75, 3.05) is 32.9 Å². The predicted molar refractivity (Wildman–Crippen MR) is 128 cm³/mol. The summed E-state index contributed by atoms with van der Waals surface area (Å²) in [6.45, 7) is 4.13. The molecule has 0 amide bonds. The number of hydrogen-bond acceptors (Lipinski definition) is 7. The first-order valence-electron chi connectivity index (χ1n) is 12.1. The monoisotopic (exact) mass is 459 g/mol. The lowest BCUT2D eigenvalue weighted by Gasteiger charge is -2.35. The zero-order valence-electron chi connectivity index (χ0n) is 19.1. The number of ether oxygens (including phenoxy) is 1. The molecule has 0 saturated carbocycles. The van der Waals surface area contributed by atoms with E-state index in [-0.39, 0.29) is 6.61 Å². The van der Waals surface area contributed by atoms with Crippen LogP contribution in [0.15, 0.2) is 42.9 Å². The van der Waals surface area contributed by atoms with Gasteiger partial charge >= 0.3 is 0 Å². The Labute approximate surface area is 197 Å². The van der Waals surface area contributed by atoms with E-state index in [9.17, 15) is 0 Å². The smallest absolute Gasteiger partial charge is 0.182 e. The van der Waals surface area contributed by atoms with Crippen LogP contribution >= 0.6 is 0 Å². The van der Waals surface area contributed by atoms with Crippen molar-refractivity contribution in [1.29, 1.82) is 0 Å². The second kappa shape index (κ2) is 9.25. The molecule has 2 saturated heterocycles. The third-order valence-corrected chi connectivity index (χ3v) is 7.13. The number of aromatic nitrogens is 6. The van der Waals surface area contributed by atoms with Crippen LogP contribution in [0.25, 0.3) is 28.2 Å². The van der Waals surface area contributed by atoms with Crippen LogP contribution in [0, 0.1) is 0 Å². The fourth-order valence-corrected chi connectivity index (χ4v) is 5.20. The Morgan fingerprint density at radius 2 is 2.06 bits per heavy atom. The summed E-state index contributed by atoms with van der Waals surface area (Å²) in [4.78, 5) is 11.8. The average molecular weight is 460 g/mol. The summed E-state index contributed by atoms with van der Waals surface area (Å²) in [6.07, 6.45) is 9.42. The zero-order chi connectivity index (χ0) is 22.9. The van der Waals surface area contributed by atoms with Crippen molar-refractivity contribution >= 4 is 10.9 Å². The summed E-state index contributed by atoms with van der Waals surface area (Å²) in [5.74, 6) is 1.79. The molecule has 6 rings (SSSR count). The number of aliphatic hydroxyl groups excluding tert-OH is 1. The number of likely N-dealkylation sites (tertiary alicyclic amines) is 1.